The van der Waals surface area contributed by atoms with Crippen LogP contribution in [0.25, 0.3) is 0 Å². The molecular weight excluding hydrogens is 246 g/mol. The lowest BCUT2D eigenvalue weighted by molar-refractivity contribution is 0.0690. The molecule has 19 heavy (non-hydrogen) atoms. The molecule has 1 aliphatic rings. The molecule has 0 aromatic carbocycles. The Bertz CT molecular complexity index is 439. The summed E-state index contributed by atoms with van der Waals surface area (Å²) in [4.78, 5) is 21.1. The summed E-state index contributed by atoms with van der Waals surface area (Å²) in [5.41, 5.74) is 0.659. The number of likely N-dealkylation sites (tertiary alicyclic amines) is 1. The van der Waals surface area contributed by atoms with E-state index in [1.54, 1.807) is 0 Å². The number of aromatic carboxylic acids is 1. The molecule has 0 spiro atoms. The molecule has 1 atom stereocenters. The summed E-state index contributed by atoms with van der Waals surface area (Å²) in [6.45, 7) is 1.43. The van der Waals surface area contributed by atoms with Gasteiger partial charge in [-0.3, -0.25) is 4.90 Å². The Morgan fingerprint density at radius 2 is 2.26 bits per heavy atom. The number of carboxylic acids is 1. The highest BCUT2D eigenvalue weighted by atomic mass is 16.4. The Balaban J connectivity index is 2.16. The molecule has 6 nitrogen and oxygen atoms in total. The van der Waals surface area contributed by atoms with E-state index in [-0.39, 0.29) is 18.2 Å². The van der Waals surface area contributed by atoms with Crippen LogP contribution in [0, 0.1) is 0 Å². The predicted molar refractivity (Wildman–Crippen MR) is 68.7 cm³/mol. The van der Waals surface area contributed by atoms with Crippen LogP contribution in [-0.2, 0) is 6.54 Å². The van der Waals surface area contributed by atoms with Gasteiger partial charge in [-0.25, -0.2) is 14.8 Å². The van der Waals surface area contributed by atoms with Gasteiger partial charge in [-0.1, -0.05) is 12.8 Å². The van der Waals surface area contributed by atoms with E-state index in [4.69, 9.17) is 5.11 Å². The highest BCUT2D eigenvalue weighted by Gasteiger charge is 2.22. The van der Waals surface area contributed by atoms with Crippen molar-refractivity contribution in [1.82, 2.24) is 14.9 Å². The van der Waals surface area contributed by atoms with Gasteiger partial charge in [-0.15, -0.1) is 0 Å². The van der Waals surface area contributed by atoms with Crippen molar-refractivity contribution < 1.29 is 15.0 Å². The van der Waals surface area contributed by atoms with Gasteiger partial charge in [-0.2, -0.15) is 0 Å². The Labute approximate surface area is 112 Å². The van der Waals surface area contributed by atoms with Crippen LogP contribution in [0.2, 0.25) is 0 Å². The minimum Gasteiger partial charge on any atom is -0.478 e. The molecule has 2 N–H and O–H groups in total. The van der Waals surface area contributed by atoms with E-state index >= 15 is 0 Å². The summed E-state index contributed by atoms with van der Waals surface area (Å²) >= 11 is 0. The van der Waals surface area contributed by atoms with E-state index in [1.165, 1.54) is 12.5 Å². The maximum absolute atomic E-state index is 11.1. The zero-order chi connectivity index (χ0) is 13.7. The molecule has 0 aliphatic carbocycles. The SMILES string of the molecule is O=C(O)c1cncnc1CN1CCCCCC1CO. The minimum absolute atomic E-state index is 0.0964. The van der Waals surface area contributed by atoms with Crippen LogP contribution in [0.1, 0.15) is 41.7 Å². The van der Waals surface area contributed by atoms with Gasteiger partial charge >= 0.3 is 5.97 Å². The normalized spacial score (nSPS) is 21.0. The largest absolute Gasteiger partial charge is 0.478 e. The van der Waals surface area contributed by atoms with Gasteiger partial charge in [0.1, 0.15) is 11.9 Å². The zero-order valence-corrected chi connectivity index (χ0v) is 10.8. The molecule has 1 unspecified atom stereocenters. The highest BCUT2D eigenvalue weighted by molar-refractivity contribution is 5.88. The number of carbonyl (C=O) groups is 1. The van der Waals surface area contributed by atoms with Gasteiger partial charge < -0.3 is 10.2 Å². The number of nitrogens with zero attached hydrogens (tertiary/aromatic N) is 3. The van der Waals surface area contributed by atoms with Crippen LogP contribution in [0.15, 0.2) is 12.5 Å². The smallest absolute Gasteiger partial charge is 0.339 e. The molecule has 6 heteroatoms. The lowest BCUT2D eigenvalue weighted by Gasteiger charge is -2.28. The van der Waals surface area contributed by atoms with Crippen molar-refractivity contribution in [2.45, 2.75) is 38.3 Å². The second-order valence-electron chi connectivity index (χ2n) is 4.84. The van der Waals surface area contributed by atoms with Crippen LogP contribution in [-0.4, -0.2) is 50.2 Å². The molecule has 0 amide bonds. The Kier molecular flexibility index (Phi) is 4.81. The maximum atomic E-state index is 11.1. The lowest BCUT2D eigenvalue weighted by Crippen LogP contribution is -2.37. The average Bonchev–Trinajstić information content (AvgIpc) is 2.64. The second-order valence-corrected chi connectivity index (χ2v) is 4.84. The maximum Gasteiger partial charge on any atom is 0.339 e. The molecule has 104 valence electrons. The fraction of sp³-hybridized carbons (Fsp3) is 0.615. The molecule has 0 saturated carbocycles. The predicted octanol–water partition coefficient (Wildman–Crippen LogP) is 0.912. The fourth-order valence-corrected chi connectivity index (χ4v) is 2.50. The first-order chi connectivity index (χ1) is 9.22. The lowest BCUT2D eigenvalue weighted by atomic mass is 10.1. The van der Waals surface area contributed by atoms with Gasteiger partial charge in [0.05, 0.1) is 12.3 Å². The number of aliphatic hydroxyl groups excluding tert-OH is 1. The van der Waals surface area contributed by atoms with E-state index in [1.807, 2.05) is 0 Å². The third-order valence-electron chi connectivity index (χ3n) is 3.59. The molecule has 1 aliphatic heterocycles. The minimum atomic E-state index is -1.01. The number of rotatable bonds is 4. The van der Waals surface area contributed by atoms with Crippen LogP contribution in [0.4, 0.5) is 0 Å². The van der Waals surface area contributed by atoms with Crippen molar-refractivity contribution in [3.63, 3.8) is 0 Å². The van der Waals surface area contributed by atoms with Gasteiger partial charge in [0.2, 0.25) is 0 Å². The van der Waals surface area contributed by atoms with E-state index in [2.05, 4.69) is 14.9 Å². The Hall–Kier alpha value is -1.53. The summed E-state index contributed by atoms with van der Waals surface area (Å²) in [6.07, 6.45) is 6.98. The molecule has 2 rings (SSSR count). The van der Waals surface area contributed by atoms with E-state index in [0.717, 1.165) is 32.2 Å². The molecule has 0 bridgehead atoms. The number of aromatic nitrogens is 2. The number of hydrogen-bond acceptors (Lipinski definition) is 5. The molecule has 1 saturated heterocycles. The van der Waals surface area contributed by atoms with Crippen molar-refractivity contribution >= 4 is 5.97 Å². The average molecular weight is 265 g/mol. The third kappa shape index (κ3) is 3.48. The summed E-state index contributed by atoms with van der Waals surface area (Å²) < 4.78 is 0. The summed E-state index contributed by atoms with van der Waals surface area (Å²) in [5, 5.41) is 18.6. The van der Waals surface area contributed by atoms with Crippen LogP contribution in [0.5, 0.6) is 0 Å². The standard InChI is InChI=1S/C13H19N3O3/c17-8-10-4-2-1-3-5-16(10)7-12-11(13(18)19)6-14-9-15-12/h6,9-10,17H,1-5,7-8H2,(H,18,19). The molecule has 1 aromatic heterocycles. The molecular formula is C13H19N3O3. The van der Waals surface area contributed by atoms with Crippen molar-refractivity contribution in [3.8, 4) is 0 Å². The Morgan fingerprint density at radius 3 is 3.00 bits per heavy atom. The van der Waals surface area contributed by atoms with Crippen molar-refractivity contribution in [3.05, 3.63) is 23.8 Å². The van der Waals surface area contributed by atoms with E-state index < -0.39 is 5.97 Å². The van der Waals surface area contributed by atoms with Crippen LogP contribution in [0.3, 0.4) is 0 Å². The highest BCUT2D eigenvalue weighted by Crippen LogP contribution is 2.19. The zero-order valence-electron chi connectivity index (χ0n) is 10.8. The quantitative estimate of drug-likeness (QED) is 0.841. The topological polar surface area (TPSA) is 86.5 Å². The van der Waals surface area contributed by atoms with Crippen molar-refractivity contribution in [2.24, 2.45) is 0 Å². The first-order valence-electron chi connectivity index (χ1n) is 6.59. The summed E-state index contributed by atoms with van der Waals surface area (Å²) in [7, 11) is 0. The number of hydrogen-bond donors (Lipinski definition) is 2. The fourth-order valence-electron chi connectivity index (χ4n) is 2.50. The van der Waals surface area contributed by atoms with Crippen LogP contribution >= 0.6 is 0 Å². The van der Waals surface area contributed by atoms with E-state index in [0.29, 0.717) is 12.2 Å². The summed E-state index contributed by atoms with van der Waals surface area (Å²) in [5.74, 6) is -1.01. The van der Waals surface area contributed by atoms with Gasteiger partial charge in [0, 0.05) is 18.8 Å². The van der Waals surface area contributed by atoms with Crippen molar-refractivity contribution in [2.75, 3.05) is 13.2 Å². The molecule has 0 radical (unpaired) electrons. The van der Waals surface area contributed by atoms with Crippen LogP contribution < -0.4 is 0 Å². The second kappa shape index (κ2) is 6.58. The van der Waals surface area contributed by atoms with Gasteiger partial charge in [0.15, 0.2) is 0 Å². The first-order valence-corrected chi connectivity index (χ1v) is 6.59. The van der Waals surface area contributed by atoms with E-state index in [9.17, 15) is 9.90 Å². The monoisotopic (exact) mass is 265 g/mol. The van der Waals surface area contributed by atoms with Gasteiger partial charge in [-0.05, 0) is 19.4 Å². The number of aliphatic hydroxyl groups is 1. The molecule has 1 aromatic rings. The molecule has 2 heterocycles. The first kappa shape index (κ1) is 13.9. The summed E-state index contributed by atoms with van der Waals surface area (Å²) in [6, 6.07) is 0.0964. The Morgan fingerprint density at radius 1 is 1.42 bits per heavy atom. The third-order valence-corrected chi connectivity index (χ3v) is 3.59. The van der Waals surface area contributed by atoms with Crippen molar-refractivity contribution in [1.29, 1.82) is 0 Å². The number of carboxylic acid groups (broad SMARTS) is 1. The molecule has 1 fully saturated rings. The van der Waals surface area contributed by atoms with Gasteiger partial charge in [0.25, 0.3) is 0 Å².